The minimum Gasteiger partial charge on any atom is -0.376 e. The SMILES string of the molecule is CN(C)c1cncc(-c2cc3c(-c4nc5c(-c6ccc(F)s6)nccc5[nH]4)n[nH]c3cc2F)c1. The number of nitrogens with one attached hydrogen (secondary N) is 2. The zero-order chi connectivity index (χ0) is 23.4. The standard InChI is InChI=1S/C24H17F2N7S/c1-33(2)13-7-12(10-27-11-13)14-8-15-18(9-16(14)25)31-32-21(15)24-29-17-5-6-28-23(22(17)30-24)19-3-4-20(26)34-19/h3-11H,1-2H3,(H,29,30)(H,31,32). The van der Waals surface area contributed by atoms with Gasteiger partial charge in [-0.2, -0.15) is 9.49 Å². The summed E-state index contributed by atoms with van der Waals surface area (Å²) in [6.45, 7) is 0. The van der Waals surface area contributed by atoms with Crippen LogP contribution in [0.25, 0.3) is 55.2 Å². The van der Waals surface area contributed by atoms with E-state index < -0.39 is 0 Å². The summed E-state index contributed by atoms with van der Waals surface area (Å²) in [4.78, 5) is 19.3. The fourth-order valence-electron chi connectivity index (χ4n) is 3.93. The van der Waals surface area contributed by atoms with Crippen LogP contribution in [0.3, 0.4) is 0 Å². The van der Waals surface area contributed by atoms with Gasteiger partial charge in [0.15, 0.2) is 11.0 Å². The molecular weight excluding hydrogens is 456 g/mol. The summed E-state index contributed by atoms with van der Waals surface area (Å²) < 4.78 is 28.6. The van der Waals surface area contributed by atoms with Gasteiger partial charge < -0.3 is 9.88 Å². The maximum Gasteiger partial charge on any atom is 0.177 e. The van der Waals surface area contributed by atoms with E-state index in [4.69, 9.17) is 4.98 Å². The Morgan fingerprint density at radius 3 is 2.65 bits per heavy atom. The third-order valence-corrected chi connectivity index (χ3v) is 6.51. The molecule has 0 fully saturated rings. The molecule has 5 heterocycles. The molecule has 5 aromatic heterocycles. The van der Waals surface area contributed by atoms with Crippen LogP contribution in [0.5, 0.6) is 0 Å². The molecule has 0 amide bonds. The Hall–Kier alpha value is -4.18. The molecule has 168 valence electrons. The van der Waals surface area contributed by atoms with Gasteiger partial charge in [0.1, 0.15) is 22.7 Å². The van der Waals surface area contributed by atoms with Gasteiger partial charge in [0.2, 0.25) is 0 Å². The van der Waals surface area contributed by atoms with Gasteiger partial charge in [-0.1, -0.05) is 0 Å². The Balaban J connectivity index is 1.51. The number of benzene rings is 1. The lowest BCUT2D eigenvalue weighted by molar-refractivity contribution is 0.632. The first kappa shape index (κ1) is 20.4. The minimum absolute atomic E-state index is 0.287. The quantitative estimate of drug-likeness (QED) is 0.346. The van der Waals surface area contributed by atoms with E-state index in [9.17, 15) is 4.39 Å². The molecule has 0 aliphatic carbocycles. The number of pyridine rings is 2. The first-order valence-corrected chi connectivity index (χ1v) is 11.2. The number of nitrogens with zero attached hydrogens (tertiary/aromatic N) is 5. The number of imidazole rings is 1. The van der Waals surface area contributed by atoms with E-state index in [1.165, 1.54) is 12.1 Å². The summed E-state index contributed by atoms with van der Waals surface area (Å²) >= 11 is 1.01. The summed E-state index contributed by atoms with van der Waals surface area (Å²) in [6, 6.07) is 9.96. The molecule has 2 N–H and O–H groups in total. The Bertz CT molecular complexity index is 1680. The first-order chi connectivity index (χ1) is 16.5. The van der Waals surface area contributed by atoms with Crippen LogP contribution < -0.4 is 4.90 Å². The van der Waals surface area contributed by atoms with Gasteiger partial charge in [0, 0.05) is 49.1 Å². The van der Waals surface area contributed by atoms with Crippen LogP contribution in [-0.2, 0) is 0 Å². The summed E-state index contributed by atoms with van der Waals surface area (Å²) in [6.07, 6.45) is 5.01. The molecule has 0 aliphatic heterocycles. The fraction of sp³-hybridized carbons (Fsp3) is 0.0833. The average Bonchev–Trinajstić information content (AvgIpc) is 3.55. The number of halogens is 2. The van der Waals surface area contributed by atoms with E-state index in [1.54, 1.807) is 36.8 Å². The van der Waals surface area contributed by atoms with Gasteiger partial charge in [-0.25, -0.2) is 9.37 Å². The normalized spacial score (nSPS) is 11.5. The Kier molecular flexibility index (Phi) is 4.63. The Morgan fingerprint density at radius 1 is 0.971 bits per heavy atom. The number of aromatic nitrogens is 6. The summed E-state index contributed by atoms with van der Waals surface area (Å²) in [5.41, 5.74) is 4.99. The number of hydrogen-bond acceptors (Lipinski definition) is 6. The molecule has 0 saturated carbocycles. The van der Waals surface area contributed by atoms with Crippen LogP contribution in [0.1, 0.15) is 0 Å². The van der Waals surface area contributed by atoms with Crippen LogP contribution in [0.4, 0.5) is 14.5 Å². The average molecular weight is 474 g/mol. The van der Waals surface area contributed by atoms with E-state index in [-0.39, 0.29) is 10.9 Å². The highest BCUT2D eigenvalue weighted by molar-refractivity contribution is 7.13. The predicted octanol–water partition coefficient (Wildman–Crippen LogP) is 5.64. The summed E-state index contributed by atoms with van der Waals surface area (Å²) in [7, 11) is 3.81. The number of thiophene rings is 1. The second kappa shape index (κ2) is 7.70. The fourth-order valence-corrected chi connectivity index (χ4v) is 4.66. The number of anilines is 1. The van der Waals surface area contributed by atoms with Crippen LogP contribution in [-0.4, -0.2) is 44.2 Å². The van der Waals surface area contributed by atoms with Crippen molar-refractivity contribution in [3.8, 4) is 33.2 Å². The van der Waals surface area contributed by atoms with E-state index in [1.807, 2.05) is 25.1 Å². The van der Waals surface area contributed by atoms with Crippen molar-refractivity contribution in [2.45, 2.75) is 0 Å². The van der Waals surface area contributed by atoms with Crippen molar-refractivity contribution < 1.29 is 8.78 Å². The van der Waals surface area contributed by atoms with E-state index in [0.717, 1.165) is 22.5 Å². The van der Waals surface area contributed by atoms with E-state index in [0.29, 0.717) is 49.6 Å². The molecule has 0 atom stereocenters. The molecule has 1 aromatic carbocycles. The molecular formula is C24H17F2N7S. The number of fused-ring (bicyclic) bond motifs is 2. The van der Waals surface area contributed by atoms with Crippen molar-refractivity contribution >= 4 is 39.0 Å². The molecule has 0 spiro atoms. The number of rotatable bonds is 4. The molecule has 0 aliphatic rings. The van der Waals surface area contributed by atoms with Gasteiger partial charge in [-0.3, -0.25) is 15.1 Å². The smallest absolute Gasteiger partial charge is 0.177 e. The van der Waals surface area contributed by atoms with Gasteiger partial charge >= 0.3 is 0 Å². The Labute approximate surface area is 196 Å². The van der Waals surface area contributed by atoms with Crippen LogP contribution in [0.2, 0.25) is 0 Å². The predicted molar refractivity (Wildman–Crippen MR) is 130 cm³/mol. The first-order valence-electron chi connectivity index (χ1n) is 10.4. The van der Waals surface area contributed by atoms with Crippen molar-refractivity contribution in [3.05, 3.63) is 65.9 Å². The summed E-state index contributed by atoms with van der Waals surface area (Å²) in [5.74, 6) is 0.126. The third kappa shape index (κ3) is 3.30. The largest absolute Gasteiger partial charge is 0.376 e. The summed E-state index contributed by atoms with van der Waals surface area (Å²) in [5, 5.41) is 7.72. The van der Waals surface area contributed by atoms with Gasteiger partial charge in [0.05, 0.1) is 27.8 Å². The van der Waals surface area contributed by atoms with Crippen LogP contribution in [0.15, 0.2) is 55.0 Å². The highest BCUT2D eigenvalue weighted by atomic mass is 32.1. The molecule has 0 saturated heterocycles. The molecule has 0 unspecified atom stereocenters. The van der Waals surface area contributed by atoms with Crippen molar-refractivity contribution in [1.82, 2.24) is 30.1 Å². The van der Waals surface area contributed by atoms with Crippen molar-refractivity contribution in [1.29, 1.82) is 0 Å². The second-order valence-electron chi connectivity index (χ2n) is 8.02. The molecule has 6 aromatic rings. The number of hydrogen-bond donors (Lipinski definition) is 2. The monoisotopic (exact) mass is 473 g/mol. The van der Waals surface area contributed by atoms with Crippen molar-refractivity contribution in [3.63, 3.8) is 0 Å². The zero-order valence-electron chi connectivity index (χ0n) is 18.1. The molecule has 10 heteroatoms. The minimum atomic E-state index is -0.378. The highest BCUT2D eigenvalue weighted by Gasteiger charge is 2.19. The molecule has 6 rings (SSSR count). The van der Waals surface area contributed by atoms with Crippen molar-refractivity contribution in [2.75, 3.05) is 19.0 Å². The van der Waals surface area contributed by atoms with Gasteiger partial charge in [0.25, 0.3) is 0 Å². The lowest BCUT2D eigenvalue weighted by Crippen LogP contribution is -2.08. The molecule has 0 bridgehead atoms. The van der Waals surface area contributed by atoms with Gasteiger partial charge in [-0.05, 0) is 30.3 Å². The maximum absolute atomic E-state index is 15.0. The van der Waals surface area contributed by atoms with Crippen LogP contribution in [0, 0.1) is 10.9 Å². The van der Waals surface area contributed by atoms with Gasteiger partial charge in [-0.15, -0.1) is 11.3 Å². The second-order valence-corrected chi connectivity index (χ2v) is 9.05. The number of aromatic amines is 2. The lowest BCUT2D eigenvalue weighted by atomic mass is 10.0. The van der Waals surface area contributed by atoms with Crippen molar-refractivity contribution in [2.24, 2.45) is 0 Å². The van der Waals surface area contributed by atoms with E-state index in [2.05, 4.69) is 25.1 Å². The Morgan fingerprint density at radius 2 is 1.85 bits per heavy atom. The molecule has 34 heavy (non-hydrogen) atoms. The third-order valence-electron chi connectivity index (χ3n) is 5.63. The lowest BCUT2D eigenvalue weighted by Gasteiger charge is -2.13. The maximum atomic E-state index is 15.0. The van der Waals surface area contributed by atoms with Crippen LogP contribution >= 0.6 is 11.3 Å². The molecule has 7 nitrogen and oxygen atoms in total. The van der Waals surface area contributed by atoms with E-state index >= 15 is 4.39 Å². The number of H-pyrrole nitrogens is 2. The topological polar surface area (TPSA) is 86.4 Å². The highest BCUT2D eigenvalue weighted by Crippen LogP contribution is 2.35. The zero-order valence-corrected chi connectivity index (χ0v) is 18.9. The molecule has 0 radical (unpaired) electrons.